The summed E-state index contributed by atoms with van der Waals surface area (Å²) in [5.74, 6) is 1.27. The van der Waals surface area contributed by atoms with Crippen LogP contribution >= 0.6 is 0 Å². The number of nitrogens with one attached hydrogen (secondary N) is 1. The summed E-state index contributed by atoms with van der Waals surface area (Å²) in [6, 6.07) is 1.99. The Bertz CT molecular complexity index is 261. The molecule has 1 N–H and O–H groups in total. The Kier molecular flexibility index (Phi) is 2.50. The molecule has 0 aromatic carbocycles. The number of aromatic nitrogens is 2. The summed E-state index contributed by atoms with van der Waals surface area (Å²) in [6.07, 6.45) is 1.88. The van der Waals surface area contributed by atoms with Gasteiger partial charge in [-0.05, 0) is 6.92 Å². The van der Waals surface area contributed by atoms with E-state index in [-0.39, 0.29) is 0 Å². The van der Waals surface area contributed by atoms with Gasteiger partial charge >= 0.3 is 0 Å². The lowest BCUT2D eigenvalue weighted by Gasteiger charge is -1.94. The SMILES string of the molecule is CCOc1cnc(CC#N)[nH]1. The number of hydrogen-bond donors (Lipinski definition) is 1. The molecule has 0 aliphatic carbocycles. The zero-order valence-electron chi connectivity index (χ0n) is 6.29. The molecule has 0 unspecified atom stereocenters. The van der Waals surface area contributed by atoms with Crippen LogP contribution < -0.4 is 4.74 Å². The third kappa shape index (κ3) is 1.97. The fraction of sp³-hybridized carbons (Fsp3) is 0.429. The maximum Gasteiger partial charge on any atom is 0.211 e. The van der Waals surface area contributed by atoms with Crippen LogP contribution in [0, 0.1) is 11.3 Å². The van der Waals surface area contributed by atoms with Crippen molar-refractivity contribution in [3.05, 3.63) is 12.0 Å². The number of hydrogen-bond acceptors (Lipinski definition) is 3. The van der Waals surface area contributed by atoms with Crippen molar-refractivity contribution >= 4 is 0 Å². The van der Waals surface area contributed by atoms with Crippen LogP contribution in [0.25, 0.3) is 0 Å². The van der Waals surface area contributed by atoms with Crippen LogP contribution in [-0.2, 0) is 6.42 Å². The minimum Gasteiger partial charge on any atom is -0.478 e. The van der Waals surface area contributed by atoms with Crippen molar-refractivity contribution in [3.63, 3.8) is 0 Å². The van der Waals surface area contributed by atoms with E-state index >= 15 is 0 Å². The monoisotopic (exact) mass is 151 g/mol. The molecule has 0 atom stereocenters. The zero-order valence-corrected chi connectivity index (χ0v) is 6.29. The Hall–Kier alpha value is -1.50. The molecule has 58 valence electrons. The second-order valence-corrected chi connectivity index (χ2v) is 1.96. The molecule has 0 spiro atoms. The van der Waals surface area contributed by atoms with Crippen molar-refractivity contribution in [1.82, 2.24) is 9.97 Å². The zero-order chi connectivity index (χ0) is 8.10. The predicted octanol–water partition coefficient (Wildman–Crippen LogP) is 0.874. The first kappa shape index (κ1) is 7.61. The van der Waals surface area contributed by atoms with Gasteiger partial charge in [0.25, 0.3) is 0 Å². The molecule has 0 fully saturated rings. The number of nitrogens with zero attached hydrogens (tertiary/aromatic N) is 2. The minimum absolute atomic E-state index is 0.299. The standard InChI is InChI=1S/C7H9N3O/c1-2-11-7-5-9-6(10-7)3-4-8/h5H,2-3H2,1H3,(H,9,10). The summed E-state index contributed by atoms with van der Waals surface area (Å²) < 4.78 is 5.11. The Labute approximate surface area is 64.8 Å². The number of ether oxygens (including phenoxy) is 1. The minimum atomic E-state index is 0.299. The molecule has 4 nitrogen and oxygen atoms in total. The largest absolute Gasteiger partial charge is 0.478 e. The van der Waals surface area contributed by atoms with Crippen LogP contribution in [0.3, 0.4) is 0 Å². The van der Waals surface area contributed by atoms with Gasteiger partial charge in [-0.1, -0.05) is 0 Å². The molecular formula is C7H9N3O. The van der Waals surface area contributed by atoms with Gasteiger partial charge in [0, 0.05) is 0 Å². The van der Waals surface area contributed by atoms with Crippen LogP contribution in [0.2, 0.25) is 0 Å². The first-order valence-corrected chi connectivity index (χ1v) is 3.40. The Balaban J connectivity index is 2.60. The number of rotatable bonds is 3. The van der Waals surface area contributed by atoms with E-state index in [2.05, 4.69) is 9.97 Å². The van der Waals surface area contributed by atoms with Gasteiger partial charge in [0.05, 0.1) is 25.3 Å². The molecule has 0 bridgehead atoms. The van der Waals surface area contributed by atoms with E-state index in [4.69, 9.17) is 10.00 Å². The summed E-state index contributed by atoms with van der Waals surface area (Å²) in [5, 5.41) is 8.31. The van der Waals surface area contributed by atoms with Crippen molar-refractivity contribution in [3.8, 4) is 11.9 Å². The molecule has 0 aliphatic rings. The van der Waals surface area contributed by atoms with Gasteiger partial charge in [-0.25, -0.2) is 4.98 Å². The highest BCUT2D eigenvalue weighted by atomic mass is 16.5. The van der Waals surface area contributed by atoms with Crippen LogP contribution in [0.4, 0.5) is 0 Å². The fourth-order valence-corrected chi connectivity index (χ4v) is 0.737. The predicted molar refractivity (Wildman–Crippen MR) is 39.1 cm³/mol. The average Bonchev–Trinajstić information content (AvgIpc) is 2.38. The maximum atomic E-state index is 8.31. The van der Waals surface area contributed by atoms with Crippen molar-refractivity contribution in [2.45, 2.75) is 13.3 Å². The lowest BCUT2D eigenvalue weighted by molar-refractivity contribution is 0.328. The van der Waals surface area contributed by atoms with E-state index in [1.165, 1.54) is 0 Å². The van der Waals surface area contributed by atoms with Crippen molar-refractivity contribution in [2.75, 3.05) is 6.61 Å². The van der Waals surface area contributed by atoms with Gasteiger partial charge in [-0.15, -0.1) is 0 Å². The van der Waals surface area contributed by atoms with Crippen LogP contribution in [-0.4, -0.2) is 16.6 Å². The second-order valence-electron chi connectivity index (χ2n) is 1.96. The van der Waals surface area contributed by atoms with Crippen LogP contribution in [0.1, 0.15) is 12.7 Å². The molecule has 0 amide bonds. The van der Waals surface area contributed by atoms with Gasteiger partial charge in [0.2, 0.25) is 5.88 Å². The average molecular weight is 151 g/mol. The molecule has 0 saturated carbocycles. The van der Waals surface area contributed by atoms with Crippen LogP contribution in [0.15, 0.2) is 6.20 Å². The van der Waals surface area contributed by atoms with Gasteiger partial charge in [0.15, 0.2) is 0 Å². The quantitative estimate of drug-likeness (QED) is 0.697. The molecule has 0 radical (unpaired) electrons. The molecule has 1 aromatic heterocycles. The first-order valence-electron chi connectivity index (χ1n) is 3.40. The Morgan fingerprint density at radius 3 is 3.27 bits per heavy atom. The first-order chi connectivity index (χ1) is 5.36. The highest BCUT2D eigenvalue weighted by molar-refractivity contribution is 5.09. The topological polar surface area (TPSA) is 61.7 Å². The number of nitriles is 1. The summed E-state index contributed by atoms with van der Waals surface area (Å²) >= 11 is 0. The molecular weight excluding hydrogens is 142 g/mol. The second kappa shape index (κ2) is 3.62. The van der Waals surface area contributed by atoms with Gasteiger partial charge in [-0.3, -0.25) is 0 Å². The summed E-state index contributed by atoms with van der Waals surface area (Å²) in [6.45, 7) is 2.50. The van der Waals surface area contributed by atoms with Crippen molar-refractivity contribution in [1.29, 1.82) is 5.26 Å². The summed E-state index contributed by atoms with van der Waals surface area (Å²) in [5.41, 5.74) is 0. The molecule has 1 aromatic rings. The molecule has 0 aliphatic heterocycles. The summed E-state index contributed by atoms with van der Waals surface area (Å²) in [7, 11) is 0. The van der Waals surface area contributed by atoms with E-state index in [0.717, 1.165) is 0 Å². The highest BCUT2D eigenvalue weighted by Gasteiger charge is 1.98. The molecule has 11 heavy (non-hydrogen) atoms. The van der Waals surface area contributed by atoms with Gasteiger partial charge in [-0.2, -0.15) is 5.26 Å². The van der Waals surface area contributed by atoms with E-state index in [1.807, 2.05) is 13.0 Å². The van der Waals surface area contributed by atoms with E-state index in [1.54, 1.807) is 6.20 Å². The van der Waals surface area contributed by atoms with E-state index in [9.17, 15) is 0 Å². The number of imidazole rings is 1. The molecule has 1 rings (SSSR count). The third-order valence-corrected chi connectivity index (χ3v) is 1.15. The van der Waals surface area contributed by atoms with Gasteiger partial charge in [0.1, 0.15) is 5.82 Å². The molecule has 1 heterocycles. The fourth-order valence-electron chi connectivity index (χ4n) is 0.737. The van der Waals surface area contributed by atoms with E-state index in [0.29, 0.717) is 24.7 Å². The molecule has 0 saturated heterocycles. The van der Waals surface area contributed by atoms with Crippen molar-refractivity contribution in [2.24, 2.45) is 0 Å². The van der Waals surface area contributed by atoms with Gasteiger partial charge < -0.3 is 9.72 Å². The Morgan fingerprint density at radius 1 is 1.82 bits per heavy atom. The Morgan fingerprint density at radius 2 is 2.64 bits per heavy atom. The third-order valence-electron chi connectivity index (χ3n) is 1.15. The maximum absolute atomic E-state index is 8.31. The highest BCUT2D eigenvalue weighted by Crippen LogP contribution is 2.05. The summed E-state index contributed by atoms with van der Waals surface area (Å²) in [4.78, 5) is 6.78. The lowest BCUT2D eigenvalue weighted by atomic mass is 10.5. The number of H-pyrrole nitrogens is 1. The van der Waals surface area contributed by atoms with E-state index < -0.39 is 0 Å². The lowest BCUT2D eigenvalue weighted by Crippen LogP contribution is -1.91. The van der Waals surface area contributed by atoms with Crippen molar-refractivity contribution < 1.29 is 4.74 Å². The normalized spacial score (nSPS) is 9.09. The number of aromatic amines is 1. The smallest absolute Gasteiger partial charge is 0.211 e. The molecule has 4 heteroatoms. The van der Waals surface area contributed by atoms with Crippen LogP contribution in [0.5, 0.6) is 5.88 Å².